The fraction of sp³-hybridized carbons (Fsp3) is 0.545. The Labute approximate surface area is 176 Å². The lowest BCUT2D eigenvalue weighted by atomic mass is 10.0. The van der Waals surface area contributed by atoms with E-state index in [4.69, 9.17) is 5.11 Å². The number of hydrogen-bond acceptors (Lipinski definition) is 5. The summed E-state index contributed by atoms with van der Waals surface area (Å²) in [5, 5.41) is 14.7. The van der Waals surface area contributed by atoms with E-state index in [0.29, 0.717) is 29.9 Å². The second-order valence-electron chi connectivity index (χ2n) is 8.01. The number of hydrogen-bond donors (Lipinski definition) is 3. The largest absolute Gasteiger partial charge is 0.481 e. The van der Waals surface area contributed by atoms with Gasteiger partial charge in [0, 0.05) is 50.4 Å². The van der Waals surface area contributed by atoms with E-state index in [1.54, 1.807) is 0 Å². The van der Waals surface area contributed by atoms with Crippen molar-refractivity contribution in [2.45, 2.75) is 44.6 Å². The number of unbranched alkanes of at least 4 members (excludes halogenated alkanes) is 2. The number of carbonyl (C=O) groups is 2. The molecule has 8 heteroatoms. The summed E-state index contributed by atoms with van der Waals surface area (Å²) < 4.78 is 14.8. The molecule has 1 aromatic carbocycles. The van der Waals surface area contributed by atoms with Gasteiger partial charge >= 0.3 is 5.97 Å². The summed E-state index contributed by atoms with van der Waals surface area (Å²) in [7, 11) is 0. The first-order chi connectivity index (χ1) is 14.4. The number of aliphatic carboxylic acids is 1. The van der Waals surface area contributed by atoms with Gasteiger partial charge in [-0.2, -0.15) is 0 Å². The van der Waals surface area contributed by atoms with Crippen LogP contribution in [0, 0.1) is 5.82 Å². The number of piperidine rings is 1. The Morgan fingerprint density at radius 2 is 2.00 bits per heavy atom. The van der Waals surface area contributed by atoms with E-state index in [1.807, 2.05) is 12.1 Å². The molecular formula is C22H31FN4O3. The molecule has 0 bridgehead atoms. The third-order valence-electron chi connectivity index (χ3n) is 5.75. The number of carbonyl (C=O) groups excluding carboxylic acids is 1. The van der Waals surface area contributed by atoms with E-state index >= 15 is 0 Å². The molecule has 0 aromatic heterocycles. The van der Waals surface area contributed by atoms with Gasteiger partial charge in [0.25, 0.3) is 0 Å². The highest BCUT2D eigenvalue weighted by molar-refractivity contribution is 5.79. The van der Waals surface area contributed by atoms with E-state index in [9.17, 15) is 14.0 Å². The van der Waals surface area contributed by atoms with E-state index < -0.39 is 5.97 Å². The van der Waals surface area contributed by atoms with Crippen LogP contribution in [0.4, 0.5) is 15.8 Å². The lowest BCUT2D eigenvalue weighted by molar-refractivity contribution is -0.137. The summed E-state index contributed by atoms with van der Waals surface area (Å²) >= 11 is 0. The maximum atomic E-state index is 14.8. The molecule has 0 spiro atoms. The molecule has 3 N–H and O–H groups in total. The number of nitrogens with zero attached hydrogens (tertiary/aromatic N) is 2. The van der Waals surface area contributed by atoms with Gasteiger partial charge in [0.15, 0.2) is 0 Å². The Bertz CT molecular complexity index is 778. The van der Waals surface area contributed by atoms with Crippen LogP contribution in [-0.2, 0) is 9.59 Å². The minimum Gasteiger partial charge on any atom is -0.481 e. The quantitative estimate of drug-likeness (QED) is 0.535. The van der Waals surface area contributed by atoms with Gasteiger partial charge in [0.2, 0.25) is 5.91 Å². The summed E-state index contributed by atoms with van der Waals surface area (Å²) in [5.74, 6) is -1.02. The molecule has 164 valence electrons. The average Bonchev–Trinajstić information content (AvgIpc) is 2.70. The van der Waals surface area contributed by atoms with Crippen molar-refractivity contribution < 1.29 is 19.1 Å². The fourth-order valence-electron chi connectivity index (χ4n) is 3.99. The van der Waals surface area contributed by atoms with Crippen LogP contribution in [0.1, 0.15) is 38.5 Å². The van der Waals surface area contributed by atoms with Crippen LogP contribution in [0.25, 0.3) is 0 Å². The van der Waals surface area contributed by atoms with Gasteiger partial charge in [-0.3, -0.25) is 14.5 Å². The average molecular weight is 419 g/mol. The zero-order chi connectivity index (χ0) is 21.5. The zero-order valence-electron chi connectivity index (χ0n) is 17.3. The third kappa shape index (κ3) is 6.19. The maximum absolute atomic E-state index is 14.8. The molecule has 2 fully saturated rings. The predicted octanol–water partition coefficient (Wildman–Crippen LogP) is 2.80. The second kappa shape index (κ2) is 10.4. The number of carboxylic acid groups (broad SMARTS) is 1. The molecule has 0 saturated carbocycles. The van der Waals surface area contributed by atoms with Crippen molar-refractivity contribution in [1.82, 2.24) is 10.2 Å². The molecule has 0 radical (unpaired) electrons. The Hall–Kier alpha value is -2.61. The minimum atomic E-state index is -0.734. The summed E-state index contributed by atoms with van der Waals surface area (Å²) in [4.78, 5) is 26.4. The van der Waals surface area contributed by atoms with Crippen molar-refractivity contribution in [3.8, 4) is 0 Å². The number of rotatable bonds is 9. The first kappa shape index (κ1) is 22.1. The number of nitrogens with one attached hydrogen (secondary N) is 2. The molecule has 30 heavy (non-hydrogen) atoms. The highest BCUT2D eigenvalue weighted by atomic mass is 19.1. The van der Waals surface area contributed by atoms with E-state index in [0.717, 1.165) is 52.0 Å². The van der Waals surface area contributed by atoms with Crippen molar-refractivity contribution >= 4 is 23.3 Å². The van der Waals surface area contributed by atoms with E-state index in [2.05, 4.69) is 27.0 Å². The van der Waals surface area contributed by atoms with Gasteiger partial charge < -0.3 is 20.6 Å². The maximum Gasteiger partial charge on any atom is 0.303 e. The Balaban J connectivity index is 1.45. The predicted molar refractivity (Wildman–Crippen MR) is 115 cm³/mol. The first-order valence-corrected chi connectivity index (χ1v) is 10.7. The monoisotopic (exact) mass is 418 g/mol. The second-order valence-corrected chi connectivity index (χ2v) is 8.01. The summed E-state index contributed by atoms with van der Waals surface area (Å²) in [5.41, 5.74) is 1.91. The van der Waals surface area contributed by atoms with Gasteiger partial charge in [-0.25, -0.2) is 4.39 Å². The smallest absolute Gasteiger partial charge is 0.303 e. The highest BCUT2D eigenvalue weighted by Crippen LogP contribution is 2.26. The van der Waals surface area contributed by atoms with Crippen LogP contribution in [0.15, 0.2) is 30.5 Å². The molecule has 1 atom stereocenters. The number of carboxylic acids is 1. The van der Waals surface area contributed by atoms with Crippen LogP contribution in [-0.4, -0.2) is 60.6 Å². The molecule has 2 aliphatic heterocycles. The Morgan fingerprint density at radius 1 is 1.23 bits per heavy atom. The summed E-state index contributed by atoms with van der Waals surface area (Å²) in [6, 6.07) is 5.10. The highest BCUT2D eigenvalue weighted by Gasteiger charge is 2.23. The number of piperazine rings is 1. The van der Waals surface area contributed by atoms with Gasteiger partial charge in [-0.15, -0.1) is 0 Å². The van der Waals surface area contributed by atoms with Crippen LogP contribution < -0.4 is 15.5 Å². The van der Waals surface area contributed by atoms with Gasteiger partial charge in [0.05, 0.1) is 11.7 Å². The van der Waals surface area contributed by atoms with Crippen LogP contribution >= 0.6 is 0 Å². The number of amides is 1. The summed E-state index contributed by atoms with van der Waals surface area (Å²) in [6.45, 7) is 8.12. The number of anilines is 2. The Kier molecular flexibility index (Phi) is 7.68. The molecule has 1 unspecified atom stereocenters. The molecule has 2 heterocycles. The first-order valence-electron chi connectivity index (χ1n) is 10.7. The molecule has 2 aliphatic rings. The van der Waals surface area contributed by atoms with Crippen molar-refractivity contribution in [2.24, 2.45) is 0 Å². The standard InChI is InChI=1S/C22H31FN4O3/c1-16-19(7-9-21(28)24-16)25-17-6-8-20(18(23)15-17)27-13-11-26(12-14-27)10-4-2-3-5-22(29)30/h6,8,15,19,25H,1-5,7,9-14H2,(H,24,28)(H,29,30). The fourth-order valence-corrected chi connectivity index (χ4v) is 3.99. The van der Waals surface area contributed by atoms with Crippen molar-refractivity contribution in [1.29, 1.82) is 0 Å². The van der Waals surface area contributed by atoms with E-state index in [-0.39, 0.29) is 24.2 Å². The van der Waals surface area contributed by atoms with Gasteiger partial charge in [-0.05, 0) is 44.0 Å². The molecule has 0 aliphatic carbocycles. The number of halogens is 1. The third-order valence-corrected chi connectivity index (χ3v) is 5.75. The van der Waals surface area contributed by atoms with Crippen molar-refractivity contribution in [2.75, 3.05) is 42.9 Å². The van der Waals surface area contributed by atoms with Crippen LogP contribution in [0.3, 0.4) is 0 Å². The molecule has 1 aromatic rings. The van der Waals surface area contributed by atoms with Crippen LogP contribution in [0.2, 0.25) is 0 Å². The van der Waals surface area contributed by atoms with Crippen molar-refractivity contribution in [3.05, 3.63) is 36.3 Å². The van der Waals surface area contributed by atoms with Gasteiger partial charge in [0.1, 0.15) is 5.82 Å². The normalized spacial score (nSPS) is 20.2. The number of benzene rings is 1. The molecule has 2 saturated heterocycles. The molecular weight excluding hydrogens is 387 g/mol. The molecule has 3 rings (SSSR count). The lowest BCUT2D eigenvalue weighted by Crippen LogP contribution is -2.46. The Morgan fingerprint density at radius 3 is 2.67 bits per heavy atom. The van der Waals surface area contributed by atoms with Crippen LogP contribution in [0.5, 0.6) is 0 Å². The van der Waals surface area contributed by atoms with Gasteiger partial charge in [-0.1, -0.05) is 13.0 Å². The lowest BCUT2D eigenvalue weighted by Gasteiger charge is -2.36. The molecule has 7 nitrogen and oxygen atoms in total. The van der Waals surface area contributed by atoms with E-state index in [1.165, 1.54) is 6.07 Å². The SMILES string of the molecule is C=C1NC(=O)CCC1Nc1ccc(N2CCN(CCCCCC(=O)O)CC2)c(F)c1. The molecule has 1 amide bonds. The summed E-state index contributed by atoms with van der Waals surface area (Å²) in [6.07, 6.45) is 3.96. The zero-order valence-corrected chi connectivity index (χ0v) is 17.3. The minimum absolute atomic E-state index is 0.0287. The van der Waals surface area contributed by atoms with Crippen molar-refractivity contribution in [3.63, 3.8) is 0 Å². The topological polar surface area (TPSA) is 84.9 Å².